The van der Waals surface area contributed by atoms with Gasteiger partial charge < -0.3 is 5.32 Å². The minimum absolute atomic E-state index is 0.0478. The molecule has 2 rings (SSSR count). The Bertz CT molecular complexity index is 617. The van der Waals surface area contributed by atoms with Crippen molar-refractivity contribution in [1.29, 1.82) is 0 Å². The summed E-state index contributed by atoms with van der Waals surface area (Å²) >= 11 is 1.57. The Kier molecular flexibility index (Phi) is 5.69. The summed E-state index contributed by atoms with van der Waals surface area (Å²) in [4.78, 5) is 16.2. The number of amides is 1. The largest absolute Gasteiger partial charge is 0.346 e. The number of nitrogens with one attached hydrogen (secondary N) is 1. The third kappa shape index (κ3) is 5.52. The summed E-state index contributed by atoms with van der Waals surface area (Å²) in [6, 6.07) is 10.3. The first kappa shape index (κ1) is 15.4. The summed E-state index contributed by atoms with van der Waals surface area (Å²) in [7, 11) is 0. The van der Waals surface area contributed by atoms with Crippen molar-refractivity contribution in [1.82, 2.24) is 10.3 Å². The fourth-order valence-corrected chi connectivity index (χ4v) is 2.69. The molecule has 0 atom stereocenters. The molecule has 1 heterocycles. The van der Waals surface area contributed by atoms with E-state index in [-0.39, 0.29) is 5.91 Å². The highest BCUT2D eigenvalue weighted by molar-refractivity contribution is 7.09. The van der Waals surface area contributed by atoms with E-state index < -0.39 is 0 Å². The fraction of sp³-hybridized carbons (Fsp3) is 0.294. The van der Waals surface area contributed by atoms with Crippen LogP contribution >= 0.6 is 11.3 Å². The van der Waals surface area contributed by atoms with Crippen molar-refractivity contribution in [3.63, 3.8) is 0 Å². The summed E-state index contributed by atoms with van der Waals surface area (Å²) < 4.78 is 0. The third-order valence-electron chi connectivity index (χ3n) is 3.11. The molecule has 0 spiro atoms. The van der Waals surface area contributed by atoms with Crippen molar-refractivity contribution in [3.05, 3.63) is 63.6 Å². The van der Waals surface area contributed by atoms with Gasteiger partial charge in [-0.2, -0.15) is 0 Å². The van der Waals surface area contributed by atoms with E-state index in [2.05, 4.69) is 22.4 Å². The maximum atomic E-state index is 11.8. The van der Waals surface area contributed by atoms with E-state index in [4.69, 9.17) is 0 Å². The van der Waals surface area contributed by atoms with Gasteiger partial charge in [-0.1, -0.05) is 35.9 Å². The molecule has 110 valence electrons. The second-order valence-electron chi connectivity index (χ2n) is 5.08. The predicted molar refractivity (Wildman–Crippen MR) is 87.2 cm³/mol. The van der Waals surface area contributed by atoms with Crippen molar-refractivity contribution in [2.45, 2.75) is 33.2 Å². The van der Waals surface area contributed by atoms with Gasteiger partial charge in [-0.15, -0.1) is 11.3 Å². The van der Waals surface area contributed by atoms with Crippen molar-refractivity contribution in [3.8, 4) is 0 Å². The van der Waals surface area contributed by atoms with Crippen LogP contribution in [0.2, 0.25) is 0 Å². The van der Waals surface area contributed by atoms with Gasteiger partial charge in [0.1, 0.15) is 5.01 Å². The van der Waals surface area contributed by atoms with Gasteiger partial charge >= 0.3 is 0 Å². The molecular formula is C17H20N2OS. The molecule has 21 heavy (non-hydrogen) atoms. The average Bonchev–Trinajstić information content (AvgIpc) is 2.90. The number of rotatable bonds is 6. The molecule has 0 aliphatic rings. The van der Waals surface area contributed by atoms with Crippen molar-refractivity contribution < 1.29 is 4.79 Å². The molecule has 3 nitrogen and oxygen atoms in total. The second kappa shape index (κ2) is 7.74. The number of hydrogen-bond donors (Lipinski definition) is 1. The molecule has 2 aromatic rings. The molecule has 1 aromatic carbocycles. The van der Waals surface area contributed by atoms with E-state index >= 15 is 0 Å². The Morgan fingerprint density at radius 2 is 2.10 bits per heavy atom. The van der Waals surface area contributed by atoms with Crippen LogP contribution in [0.3, 0.4) is 0 Å². The summed E-state index contributed by atoms with van der Waals surface area (Å²) in [6.45, 7) is 4.45. The topological polar surface area (TPSA) is 42.0 Å². The molecule has 0 fully saturated rings. The first-order chi connectivity index (χ1) is 10.1. The van der Waals surface area contributed by atoms with Gasteiger partial charge in [-0.25, -0.2) is 4.98 Å². The van der Waals surface area contributed by atoms with Gasteiger partial charge in [0.2, 0.25) is 5.91 Å². The number of thiazole rings is 1. The number of aryl methyl sites for hydroxylation is 2. The molecule has 0 radical (unpaired) electrons. The minimum Gasteiger partial charge on any atom is -0.346 e. The lowest BCUT2D eigenvalue weighted by Crippen LogP contribution is -2.20. The summed E-state index contributed by atoms with van der Waals surface area (Å²) in [5.41, 5.74) is 3.38. The first-order valence-corrected chi connectivity index (χ1v) is 7.91. The normalized spacial score (nSPS) is 11.4. The highest BCUT2D eigenvalue weighted by Gasteiger charge is 2.02. The second-order valence-corrected chi connectivity index (χ2v) is 6.02. The molecule has 4 heteroatoms. The summed E-state index contributed by atoms with van der Waals surface area (Å²) in [6.07, 6.45) is 3.54. The van der Waals surface area contributed by atoms with E-state index in [1.165, 1.54) is 5.56 Å². The molecule has 1 aromatic heterocycles. The zero-order chi connectivity index (χ0) is 15.1. The number of allylic oxidation sites excluding steroid dienone is 1. The van der Waals surface area contributed by atoms with Crippen LogP contribution in [0.25, 0.3) is 0 Å². The molecule has 0 aliphatic heterocycles. The molecule has 0 saturated carbocycles. The standard InChI is InChI=1S/C17H20N2OS/c1-13(8-9-15-6-4-3-5-7-15)10-16(20)18-11-17-19-14(2)12-21-17/h3-7,10,12H,8-9,11H2,1-2H3,(H,18,20). The smallest absolute Gasteiger partial charge is 0.244 e. The average molecular weight is 300 g/mol. The molecule has 1 N–H and O–H groups in total. The van der Waals surface area contributed by atoms with Gasteiger partial charge in [-0.3, -0.25) is 4.79 Å². The fourth-order valence-electron chi connectivity index (χ4n) is 1.98. The maximum Gasteiger partial charge on any atom is 0.244 e. The molecular weight excluding hydrogens is 280 g/mol. The summed E-state index contributed by atoms with van der Waals surface area (Å²) in [5, 5.41) is 5.80. The van der Waals surface area contributed by atoms with E-state index in [0.29, 0.717) is 6.54 Å². The first-order valence-electron chi connectivity index (χ1n) is 7.03. The molecule has 0 saturated heterocycles. The van der Waals surface area contributed by atoms with Crippen LogP contribution in [0, 0.1) is 6.92 Å². The van der Waals surface area contributed by atoms with Crippen LogP contribution in [0.5, 0.6) is 0 Å². The number of carbonyl (C=O) groups is 1. The Hall–Kier alpha value is -1.94. The quantitative estimate of drug-likeness (QED) is 0.827. The van der Waals surface area contributed by atoms with Crippen LogP contribution in [-0.2, 0) is 17.8 Å². The maximum absolute atomic E-state index is 11.8. The monoisotopic (exact) mass is 300 g/mol. The molecule has 0 aliphatic carbocycles. The number of hydrogen-bond acceptors (Lipinski definition) is 3. The number of benzene rings is 1. The minimum atomic E-state index is -0.0478. The molecule has 1 amide bonds. The van der Waals surface area contributed by atoms with Crippen LogP contribution in [0.15, 0.2) is 47.4 Å². The number of carbonyl (C=O) groups excluding carboxylic acids is 1. The van der Waals surface area contributed by atoms with Crippen LogP contribution in [0.4, 0.5) is 0 Å². The number of aromatic nitrogens is 1. The molecule has 0 bridgehead atoms. The van der Waals surface area contributed by atoms with Crippen molar-refractivity contribution >= 4 is 17.2 Å². The summed E-state index contributed by atoms with van der Waals surface area (Å²) in [5.74, 6) is -0.0478. The Morgan fingerprint density at radius 1 is 1.33 bits per heavy atom. The highest BCUT2D eigenvalue weighted by Crippen LogP contribution is 2.09. The van der Waals surface area contributed by atoms with Gasteiger partial charge in [0, 0.05) is 17.2 Å². The SMILES string of the molecule is CC(=CC(=O)NCc1nc(C)cs1)CCc1ccccc1. The van der Waals surface area contributed by atoms with Crippen LogP contribution in [-0.4, -0.2) is 10.9 Å². The van der Waals surface area contributed by atoms with E-state index in [0.717, 1.165) is 29.1 Å². The van der Waals surface area contributed by atoms with Gasteiger partial charge in [0.15, 0.2) is 0 Å². The van der Waals surface area contributed by atoms with E-state index in [9.17, 15) is 4.79 Å². The Balaban J connectivity index is 1.77. The third-order valence-corrected chi connectivity index (χ3v) is 4.08. The Labute approximate surface area is 129 Å². The van der Waals surface area contributed by atoms with Crippen molar-refractivity contribution in [2.75, 3.05) is 0 Å². The molecule has 0 unspecified atom stereocenters. The van der Waals surface area contributed by atoms with Crippen molar-refractivity contribution in [2.24, 2.45) is 0 Å². The van der Waals surface area contributed by atoms with Gasteiger partial charge in [0.05, 0.1) is 6.54 Å². The predicted octanol–water partition coefficient (Wildman–Crippen LogP) is 3.65. The van der Waals surface area contributed by atoms with Gasteiger partial charge in [0.25, 0.3) is 0 Å². The Morgan fingerprint density at radius 3 is 2.76 bits per heavy atom. The lowest BCUT2D eigenvalue weighted by molar-refractivity contribution is -0.116. The lowest BCUT2D eigenvalue weighted by atomic mass is 10.1. The van der Waals surface area contributed by atoms with Crippen LogP contribution < -0.4 is 5.32 Å². The lowest BCUT2D eigenvalue weighted by Gasteiger charge is -2.03. The number of nitrogens with zero attached hydrogens (tertiary/aromatic N) is 1. The zero-order valence-corrected chi connectivity index (χ0v) is 13.2. The van der Waals surface area contributed by atoms with E-state index in [1.807, 2.05) is 37.4 Å². The zero-order valence-electron chi connectivity index (χ0n) is 12.4. The van der Waals surface area contributed by atoms with Gasteiger partial charge in [-0.05, 0) is 32.3 Å². The van der Waals surface area contributed by atoms with E-state index in [1.54, 1.807) is 17.4 Å². The van der Waals surface area contributed by atoms with Crippen LogP contribution in [0.1, 0.15) is 29.6 Å². The highest BCUT2D eigenvalue weighted by atomic mass is 32.1.